The Labute approximate surface area is 285 Å². The van der Waals surface area contributed by atoms with Crippen molar-refractivity contribution in [3.05, 3.63) is 42.1 Å². The molecular weight excluding hydrogens is 600 g/mol. The highest BCUT2D eigenvalue weighted by Crippen LogP contribution is 2.68. The van der Waals surface area contributed by atoms with E-state index in [1.165, 1.54) is 6.42 Å². The van der Waals surface area contributed by atoms with Gasteiger partial charge in [-0.05, 0) is 105 Å². The van der Waals surface area contributed by atoms with Gasteiger partial charge in [0.15, 0.2) is 0 Å². The van der Waals surface area contributed by atoms with Crippen molar-refractivity contribution in [1.82, 2.24) is 19.7 Å². The zero-order chi connectivity index (χ0) is 33.4. The third kappa shape index (κ3) is 4.86. The van der Waals surface area contributed by atoms with Crippen LogP contribution in [0.25, 0.3) is 10.9 Å². The van der Waals surface area contributed by atoms with Gasteiger partial charge in [0.25, 0.3) is 5.91 Å². The second-order valence-electron chi connectivity index (χ2n) is 16.6. The molecule has 0 spiro atoms. The summed E-state index contributed by atoms with van der Waals surface area (Å²) in [6, 6.07) is 11.1. The number of pyridine rings is 1. The number of hydrogen-bond acceptors (Lipinski definition) is 6. The highest BCUT2D eigenvalue weighted by molar-refractivity contribution is 5.98. The lowest BCUT2D eigenvalue weighted by Gasteiger charge is -2.63. The number of nitrogens with zero attached hydrogens (tertiary/aromatic N) is 4. The molecule has 2 N–H and O–H groups in total. The van der Waals surface area contributed by atoms with Gasteiger partial charge in [-0.3, -0.25) is 14.5 Å². The van der Waals surface area contributed by atoms with E-state index in [1.54, 1.807) is 11.0 Å². The van der Waals surface area contributed by atoms with E-state index in [9.17, 15) is 19.8 Å². The molecule has 1 aromatic carbocycles. The number of piperazine rings is 1. The quantitative estimate of drug-likeness (QED) is 0.466. The first-order chi connectivity index (χ1) is 23.1. The molecule has 6 aliphatic rings. The molecule has 8 nitrogen and oxygen atoms in total. The highest BCUT2D eigenvalue weighted by atomic mass is 16.3. The monoisotopic (exact) mass is 652 g/mol. The van der Waals surface area contributed by atoms with Gasteiger partial charge in [0, 0.05) is 49.6 Å². The van der Waals surface area contributed by atoms with Crippen LogP contribution in [0, 0.1) is 46.8 Å². The van der Waals surface area contributed by atoms with Crippen molar-refractivity contribution in [2.24, 2.45) is 34.5 Å². The zero-order valence-corrected chi connectivity index (χ0v) is 28.7. The molecule has 4 saturated carbocycles. The van der Waals surface area contributed by atoms with Crippen LogP contribution in [0.2, 0.25) is 0 Å². The average molecular weight is 653 g/mol. The molecule has 0 radical (unpaired) electrons. The van der Waals surface area contributed by atoms with Crippen molar-refractivity contribution in [3.63, 3.8) is 0 Å². The van der Waals surface area contributed by atoms with Crippen LogP contribution in [0.5, 0.6) is 0 Å². The molecule has 2 unspecified atom stereocenters. The molecule has 2 amide bonds. The Kier molecular flexibility index (Phi) is 7.93. The fourth-order valence-corrected chi connectivity index (χ4v) is 12.0. The lowest BCUT2D eigenvalue weighted by Crippen LogP contribution is -2.63. The van der Waals surface area contributed by atoms with Gasteiger partial charge in [-0.2, -0.15) is 0 Å². The summed E-state index contributed by atoms with van der Waals surface area (Å²) < 4.78 is 0. The molecule has 2 aromatic rings. The molecule has 1 aromatic heterocycles. The Morgan fingerprint density at radius 3 is 2.50 bits per heavy atom. The summed E-state index contributed by atoms with van der Waals surface area (Å²) in [6.07, 6.45) is 15.0. The van der Waals surface area contributed by atoms with Gasteiger partial charge in [0.05, 0.1) is 11.6 Å². The molecule has 8 rings (SSSR count). The zero-order valence-electron chi connectivity index (χ0n) is 28.7. The lowest BCUT2D eigenvalue weighted by atomic mass is 9.44. The number of terminal acetylenes is 1. The number of fused-ring (bicyclic) bond motifs is 6. The van der Waals surface area contributed by atoms with Gasteiger partial charge >= 0.3 is 0 Å². The molecule has 48 heavy (non-hydrogen) atoms. The van der Waals surface area contributed by atoms with Crippen molar-refractivity contribution in [2.45, 2.75) is 102 Å². The van der Waals surface area contributed by atoms with Crippen LogP contribution in [0.1, 0.15) is 88.5 Å². The number of aromatic nitrogens is 1. The first-order valence-electron chi connectivity index (χ1n) is 18.6. The van der Waals surface area contributed by atoms with Crippen LogP contribution in [-0.4, -0.2) is 98.2 Å². The first kappa shape index (κ1) is 32.2. The Morgan fingerprint density at radius 2 is 1.71 bits per heavy atom. The van der Waals surface area contributed by atoms with E-state index < -0.39 is 11.6 Å². The van der Waals surface area contributed by atoms with E-state index in [-0.39, 0.29) is 34.8 Å². The number of benzene rings is 1. The molecule has 0 bridgehead atoms. The molecule has 6 fully saturated rings. The van der Waals surface area contributed by atoms with Crippen LogP contribution in [0.15, 0.2) is 36.4 Å². The maximum Gasteiger partial charge on any atom is 0.273 e. The molecule has 2 aliphatic heterocycles. The van der Waals surface area contributed by atoms with Gasteiger partial charge < -0.3 is 20.0 Å². The largest absolute Gasteiger partial charge is 0.391 e. The maximum atomic E-state index is 13.9. The van der Waals surface area contributed by atoms with E-state index in [0.717, 1.165) is 68.9 Å². The van der Waals surface area contributed by atoms with Gasteiger partial charge in [-0.1, -0.05) is 44.0 Å². The number of para-hydroxylation sites is 1. The summed E-state index contributed by atoms with van der Waals surface area (Å²) in [7, 11) is 0. The smallest absolute Gasteiger partial charge is 0.273 e. The normalized spacial score (nSPS) is 41.4. The van der Waals surface area contributed by atoms with Crippen molar-refractivity contribution >= 4 is 22.7 Å². The third-order valence-corrected chi connectivity index (χ3v) is 14.8. The van der Waals surface area contributed by atoms with Gasteiger partial charge in [0.1, 0.15) is 17.3 Å². The Balaban J connectivity index is 0.925. The second-order valence-corrected chi connectivity index (χ2v) is 16.6. The SMILES string of the molecule is C#C[C@]1(O)CC[C@H]2[C@@H]3CC[C@H]4C[C@H](O)[C@@H](N5CCN(C(=O)[C@@H]6CCCN6C(=O)c6ccc7ccccc7n6)CC5)CC4(C)[C@H]3CCC21C. The second kappa shape index (κ2) is 11.8. The summed E-state index contributed by atoms with van der Waals surface area (Å²) >= 11 is 0. The summed E-state index contributed by atoms with van der Waals surface area (Å²) in [4.78, 5) is 38.2. The number of likely N-dealkylation sites (tertiary alicyclic amines) is 1. The molecule has 256 valence electrons. The van der Waals surface area contributed by atoms with E-state index in [2.05, 4.69) is 29.7 Å². The minimum absolute atomic E-state index is 0.0429. The Morgan fingerprint density at radius 1 is 0.938 bits per heavy atom. The average Bonchev–Trinajstić information content (AvgIpc) is 3.70. The fraction of sp³-hybridized carbons (Fsp3) is 0.675. The summed E-state index contributed by atoms with van der Waals surface area (Å²) in [5.41, 5.74) is 0.141. The number of carbonyl (C=O) groups is 2. The predicted octanol–water partition coefficient (Wildman–Crippen LogP) is 4.73. The van der Waals surface area contributed by atoms with Crippen molar-refractivity contribution in [1.29, 1.82) is 0 Å². The molecule has 8 heteroatoms. The van der Waals surface area contributed by atoms with Crippen molar-refractivity contribution < 1.29 is 19.8 Å². The lowest BCUT2D eigenvalue weighted by molar-refractivity contribution is -0.163. The highest BCUT2D eigenvalue weighted by Gasteiger charge is 2.65. The molecular formula is C40H52N4O4. The van der Waals surface area contributed by atoms with E-state index in [0.29, 0.717) is 61.8 Å². The molecule has 3 heterocycles. The molecule has 4 aliphatic carbocycles. The predicted molar refractivity (Wildman–Crippen MR) is 185 cm³/mol. The molecule has 10 atom stereocenters. The number of carbonyl (C=O) groups excluding carboxylic acids is 2. The van der Waals surface area contributed by atoms with E-state index in [1.807, 2.05) is 35.2 Å². The third-order valence-electron chi connectivity index (χ3n) is 14.8. The minimum atomic E-state index is -0.987. The van der Waals surface area contributed by atoms with Crippen LogP contribution in [0.3, 0.4) is 0 Å². The summed E-state index contributed by atoms with van der Waals surface area (Å²) in [5, 5.41) is 24.0. The summed E-state index contributed by atoms with van der Waals surface area (Å²) in [5.74, 6) is 4.85. The minimum Gasteiger partial charge on any atom is -0.391 e. The van der Waals surface area contributed by atoms with Gasteiger partial charge in [0.2, 0.25) is 5.91 Å². The maximum absolute atomic E-state index is 13.9. The Hall–Kier alpha value is -2.99. The van der Waals surface area contributed by atoms with Gasteiger partial charge in [-0.25, -0.2) is 4.98 Å². The van der Waals surface area contributed by atoms with Crippen LogP contribution in [-0.2, 0) is 4.79 Å². The van der Waals surface area contributed by atoms with E-state index >= 15 is 0 Å². The van der Waals surface area contributed by atoms with Crippen LogP contribution >= 0.6 is 0 Å². The summed E-state index contributed by atoms with van der Waals surface area (Å²) in [6.45, 7) is 8.05. The van der Waals surface area contributed by atoms with Crippen LogP contribution in [0.4, 0.5) is 0 Å². The van der Waals surface area contributed by atoms with E-state index in [4.69, 9.17) is 6.42 Å². The number of aliphatic hydroxyl groups excluding tert-OH is 1. The number of rotatable bonds is 3. The van der Waals surface area contributed by atoms with Gasteiger partial charge in [-0.15, -0.1) is 6.42 Å². The Bertz CT molecular complexity index is 1630. The standard InChI is InChI=1S/C40H52N4O4/c1-4-40(48)18-16-30-28-13-12-27-24-35(45)34(25-38(27,2)29(28)15-17-39(30,40)3)42-20-22-43(23-21-42)37(47)33-10-7-19-44(33)36(46)32-14-11-26-8-5-6-9-31(26)41-32/h1,5-6,8-9,11,14,27-30,33-35,45,48H,7,10,12-13,15-25H2,2-3H3/t27-,28+,29-,30-,33-,34-,35-,38?,39?,40-/m0/s1. The van der Waals surface area contributed by atoms with Crippen molar-refractivity contribution in [3.8, 4) is 12.3 Å². The topological polar surface area (TPSA) is 97.2 Å². The first-order valence-corrected chi connectivity index (χ1v) is 18.6. The fourth-order valence-electron chi connectivity index (χ4n) is 12.0. The number of hydrogen-bond donors (Lipinski definition) is 2. The number of aliphatic hydroxyl groups is 2. The molecule has 2 saturated heterocycles. The van der Waals surface area contributed by atoms with Crippen molar-refractivity contribution in [2.75, 3.05) is 32.7 Å². The number of amides is 2. The van der Waals surface area contributed by atoms with Crippen LogP contribution < -0.4 is 0 Å².